The maximum absolute atomic E-state index is 12.9. The van der Waals surface area contributed by atoms with Crippen LogP contribution in [0.15, 0.2) is 0 Å². The molecule has 3 amide bonds. The monoisotopic (exact) mass is 393 g/mol. The summed E-state index contributed by atoms with van der Waals surface area (Å²) in [5.74, 6) is 1.12. The van der Waals surface area contributed by atoms with Gasteiger partial charge in [-0.1, -0.05) is 0 Å². The van der Waals surface area contributed by atoms with Crippen molar-refractivity contribution < 1.29 is 14.4 Å². The summed E-state index contributed by atoms with van der Waals surface area (Å²) in [4.78, 5) is 44.3. The third-order valence-electron chi connectivity index (χ3n) is 5.28. The molecule has 1 aromatic heterocycles. The summed E-state index contributed by atoms with van der Waals surface area (Å²) < 4.78 is 0. The van der Waals surface area contributed by atoms with Gasteiger partial charge in [0, 0.05) is 25.0 Å². The van der Waals surface area contributed by atoms with Gasteiger partial charge in [-0.25, -0.2) is 0 Å². The maximum atomic E-state index is 12.9. The van der Waals surface area contributed by atoms with Crippen LogP contribution in [0.3, 0.4) is 0 Å². The molecule has 0 saturated heterocycles. The minimum atomic E-state index is -0.0620. The topological polar surface area (TPSA) is 60.9 Å². The lowest BCUT2D eigenvalue weighted by atomic mass is 10.0. The van der Waals surface area contributed by atoms with E-state index in [1.165, 1.54) is 28.0 Å². The van der Waals surface area contributed by atoms with Crippen molar-refractivity contribution in [2.45, 2.75) is 25.8 Å². The first-order chi connectivity index (χ1) is 12.5. The Bertz CT molecular complexity index is 772. The highest BCUT2D eigenvalue weighted by atomic mass is 32.2. The Morgan fingerprint density at radius 3 is 2.73 bits per heavy atom. The lowest BCUT2D eigenvalue weighted by Crippen LogP contribution is -2.39. The van der Waals surface area contributed by atoms with Crippen LogP contribution in [0.25, 0.3) is 0 Å². The molecule has 1 aliphatic carbocycles. The van der Waals surface area contributed by atoms with Crippen molar-refractivity contribution in [2.24, 2.45) is 5.92 Å². The van der Waals surface area contributed by atoms with Gasteiger partial charge >= 0.3 is 0 Å². The fourth-order valence-electron chi connectivity index (χ4n) is 3.63. The zero-order valence-corrected chi connectivity index (χ0v) is 16.8. The predicted octanol–water partition coefficient (Wildman–Crippen LogP) is 1.82. The molecule has 1 aromatic rings. The first kappa shape index (κ1) is 17.9. The average Bonchev–Trinajstić information content (AvgIpc) is 3.37. The van der Waals surface area contributed by atoms with Crippen LogP contribution >= 0.6 is 23.1 Å². The molecule has 0 spiro atoms. The zero-order chi connectivity index (χ0) is 18.4. The fraction of sp³-hybridized carbons (Fsp3) is 0.611. The van der Waals surface area contributed by atoms with Crippen molar-refractivity contribution >= 4 is 45.8 Å². The second-order valence-corrected chi connectivity index (χ2v) is 9.24. The van der Waals surface area contributed by atoms with E-state index >= 15 is 0 Å². The number of carbonyl (C=O) groups excluding carboxylic acids is 3. The number of rotatable bonds is 4. The van der Waals surface area contributed by atoms with Gasteiger partial charge in [0.15, 0.2) is 0 Å². The highest BCUT2D eigenvalue weighted by molar-refractivity contribution is 7.99. The molecular weight excluding hydrogens is 370 g/mol. The smallest absolute Gasteiger partial charge is 0.257 e. The van der Waals surface area contributed by atoms with Gasteiger partial charge in [0.25, 0.3) is 5.91 Å². The third kappa shape index (κ3) is 3.13. The molecule has 0 atom stereocenters. The number of hydrogen-bond acceptors (Lipinski definition) is 5. The van der Waals surface area contributed by atoms with E-state index in [-0.39, 0.29) is 24.3 Å². The number of thiophene rings is 1. The van der Waals surface area contributed by atoms with Crippen molar-refractivity contribution in [2.75, 3.05) is 43.6 Å². The summed E-state index contributed by atoms with van der Waals surface area (Å²) >= 11 is 3.06. The number of anilines is 1. The van der Waals surface area contributed by atoms with Gasteiger partial charge in [-0.05, 0) is 37.0 Å². The Hall–Kier alpha value is -1.54. The molecule has 0 N–H and O–H groups in total. The zero-order valence-electron chi connectivity index (χ0n) is 15.1. The Labute approximate surface area is 161 Å². The van der Waals surface area contributed by atoms with Crippen LogP contribution in [0.5, 0.6) is 0 Å². The average molecular weight is 394 g/mol. The number of fused-ring (bicyclic) bond motifs is 3. The molecule has 3 aliphatic rings. The number of carbonyl (C=O) groups is 3. The normalized spacial score (nSPS) is 20.2. The molecule has 140 valence electrons. The second-order valence-electron chi connectivity index (χ2n) is 7.29. The molecule has 0 bridgehead atoms. The van der Waals surface area contributed by atoms with Gasteiger partial charge in [0.05, 0.1) is 17.9 Å². The third-order valence-corrected chi connectivity index (χ3v) is 7.05. The van der Waals surface area contributed by atoms with E-state index < -0.39 is 0 Å². The van der Waals surface area contributed by atoms with E-state index in [2.05, 4.69) is 0 Å². The molecule has 8 heteroatoms. The standard InChI is InChI=1S/C18H23N3O3S2/c1-19-9-14(22)21(7-11-3-4-11)18-16(17(19)24)12-5-6-20(8-13(12)26-18)15(23)10-25-2/h11H,3-10H2,1-2H3. The molecule has 2 aliphatic heterocycles. The Kier molecular flexibility index (Phi) is 4.73. The number of likely N-dealkylation sites (N-methyl/N-ethyl adjacent to an activating group) is 1. The Morgan fingerprint density at radius 2 is 2.04 bits per heavy atom. The lowest BCUT2D eigenvalue weighted by molar-refractivity contribution is -0.129. The van der Waals surface area contributed by atoms with Crippen molar-refractivity contribution in [1.29, 1.82) is 0 Å². The highest BCUT2D eigenvalue weighted by Crippen LogP contribution is 2.43. The van der Waals surface area contributed by atoms with Gasteiger partial charge in [-0.3, -0.25) is 14.4 Å². The number of amides is 3. The van der Waals surface area contributed by atoms with Crippen LogP contribution in [0, 0.1) is 5.92 Å². The summed E-state index contributed by atoms with van der Waals surface area (Å²) in [6.45, 7) is 2.04. The number of nitrogens with zero attached hydrogens (tertiary/aromatic N) is 3. The van der Waals surface area contributed by atoms with Gasteiger partial charge < -0.3 is 14.7 Å². The van der Waals surface area contributed by atoms with Gasteiger partial charge in [0.2, 0.25) is 11.8 Å². The summed E-state index contributed by atoms with van der Waals surface area (Å²) in [5.41, 5.74) is 1.75. The Balaban J connectivity index is 1.71. The highest BCUT2D eigenvalue weighted by Gasteiger charge is 2.39. The quantitative estimate of drug-likeness (QED) is 0.783. The second kappa shape index (κ2) is 6.88. The van der Waals surface area contributed by atoms with Gasteiger partial charge in [0.1, 0.15) is 11.5 Å². The molecule has 26 heavy (non-hydrogen) atoms. The fourth-order valence-corrected chi connectivity index (χ4v) is 5.44. The molecule has 1 fully saturated rings. The van der Waals surface area contributed by atoms with E-state index in [0.29, 0.717) is 43.3 Å². The minimum Gasteiger partial charge on any atom is -0.336 e. The maximum Gasteiger partial charge on any atom is 0.257 e. The molecule has 1 saturated carbocycles. The van der Waals surface area contributed by atoms with Crippen LogP contribution in [0.1, 0.15) is 33.6 Å². The van der Waals surface area contributed by atoms with Crippen LogP contribution in [-0.4, -0.2) is 66.2 Å². The van der Waals surface area contributed by atoms with E-state index in [0.717, 1.165) is 28.3 Å². The molecular formula is C18H23N3O3S2. The summed E-state index contributed by atoms with van der Waals surface area (Å²) in [7, 11) is 1.70. The van der Waals surface area contributed by atoms with Crippen LogP contribution in [-0.2, 0) is 22.6 Å². The summed E-state index contributed by atoms with van der Waals surface area (Å²) in [6, 6.07) is 0. The van der Waals surface area contributed by atoms with Crippen LogP contribution in [0.4, 0.5) is 5.00 Å². The molecule has 0 aromatic carbocycles. The van der Waals surface area contributed by atoms with Crippen LogP contribution < -0.4 is 4.90 Å². The van der Waals surface area contributed by atoms with Crippen LogP contribution in [0.2, 0.25) is 0 Å². The number of thioether (sulfide) groups is 1. The van der Waals surface area contributed by atoms with Gasteiger partial charge in [-0.15, -0.1) is 11.3 Å². The van der Waals surface area contributed by atoms with E-state index in [4.69, 9.17) is 0 Å². The first-order valence-corrected chi connectivity index (χ1v) is 11.2. The molecule has 0 radical (unpaired) electrons. The largest absolute Gasteiger partial charge is 0.336 e. The van der Waals surface area contributed by atoms with Crippen molar-refractivity contribution in [3.8, 4) is 0 Å². The van der Waals surface area contributed by atoms with Crippen molar-refractivity contribution in [3.63, 3.8) is 0 Å². The summed E-state index contributed by atoms with van der Waals surface area (Å²) in [6.07, 6.45) is 4.93. The minimum absolute atomic E-state index is 0.000382. The predicted molar refractivity (Wildman–Crippen MR) is 104 cm³/mol. The molecule has 4 rings (SSSR count). The SMILES string of the molecule is CSCC(=O)N1CCc2c(sc3c2C(=O)N(C)CC(=O)N3CC2CC2)C1. The molecule has 6 nitrogen and oxygen atoms in total. The number of hydrogen-bond donors (Lipinski definition) is 0. The van der Waals surface area contributed by atoms with E-state index in [9.17, 15) is 14.4 Å². The molecule has 0 unspecified atom stereocenters. The van der Waals surface area contributed by atoms with Crippen molar-refractivity contribution in [1.82, 2.24) is 9.80 Å². The molecule has 3 heterocycles. The van der Waals surface area contributed by atoms with E-state index in [1.807, 2.05) is 16.1 Å². The van der Waals surface area contributed by atoms with Gasteiger partial charge in [-0.2, -0.15) is 11.8 Å². The Morgan fingerprint density at radius 1 is 1.27 bits per heavy atom. The van der Waals surface area contributed by atoms with Crippen molar-refractivity contribution in [3.05, 3.63) is 16.0 Å². The lowest BCUT2D eigenvalue weighted by Gasteiger charge is -2.27. The van der Waals surface area contributed by atoms with E-state index in [1.54, 1.807) is 7.05 Å². The first-order valence-electron chi connectivity index (χ1n) is 8.96. The summed E-state index contributed by atoms with van der Waals surface area (Å²) in [5, 5.41) is 0.806.